The molecular formula is C18H15N3OS. The predicted molar refractivity (Wildman–Crippen MR) is 89.5 cm³/mol. The van der Waals surface area contributed by atoms with Gasteiger partial charge in [0.15, 0.2) is 0 Å². The summed E-state index contributed by atoms with van der Waals surface area (Å²) in [5.41, 5.74) is 1.84. The molecule has 0 amide bonds. The number of nitriles is 2. The maximum absolute atomic E-state index is 9.30. The van der Waals surface area contributed by atoms with Gasteiger partial charge in [-0.25, -0.2) is 0 Å². The number of hydrogen-bond acceptors (Lipinski definition) is 5. The molecule has 0 radical (unpaired) electrons. The van der Waals surface area contributed by atoms with Crippen molar-refractivity contribution in [3.63, 3.8) is 0 Å². The lowest BCUT2D eigenvalue weighted by Crippen LogP contribution is -2.36. The van der Waals surface area contributed by atoms with Crippen LogP contribution in [0.25, 0.3) is 0 Å². The monoisotopic (exact) mass is 321 g/mol. The Bertz CT molecular complexity index is 771. The summed E-state index contributed by atoms with van der Waals surface area (Å²) in [7, 11) is 0. The molecule has 1 saturated heterocycles. The van der Waals surface area contributed by atoms with Crippen LogP contribution < -0.4 is 4.90 Å². The van der Waals surface area contributed by atoms with Gasteiger partial charge in [0.25, 0.3) is 0 Å². The van der Waals surface area contributed by atoms with Gasteiger partial charge in [-0.2, -0.15) is 10.5 Å². The fraction of sp³-hybridized carbons (Fsp3) is 0.222. The molecule has 0 spiro atoms. The molecule has 1 aliphatic rings. The lowest BCUT2D eigenvalue weighted by atomic mass is 10.1. The molecule has 1 fully saturated rings. The molecule has 3 rings (SSSR count). The third-order valence-electron chi connectivity index (χ3n) is 3.66. The molecule has 0 saturated carbocycles. The van der Waals surface area contributed by atoms with Crippen LogP contribution in [0.5, 0.6) is 0 Å². The second kappa shape index (κ2) is 7.19. The van der Waals surface area contributed by atoms with Crippen LogP contribution in [-0.4, -0.2) is 26.3 Å². The third-order valence-corrected chi connectivity index (χ3v) is 4.72. The van der Waals surface area contributed by atoms with E-state index in [2.05, 4.69) is 17.0 Å². The van der Waals surface area contributed by atoms with Gasteiger partial charge in [0.1, 0.15) is 12.1 Å². The van der Waals surface area contributed by atoms with Gasteiger partial charge in [0.05, 0.1) is 30.0 Å². The topological polar surface area (TPSA) is 60.1 Å². The van der Waals surface area contributed by atoms with E-state index in [1.54, 1.807) is 11.8 Å². The highest BCUT2D eigenvalue weighted by atomic mass is 32.2. The zero-order valence-electron chi connectivity index (χ0n) is 12.5. The Morgan fingerprint density at radius 3 is 2.26 bits per heavy atom. The standard InChI is InChI=1S/C18H15N3OS/c19-12-14-10-17(21-6-8-22-9-7-21)18(11-15(14)13-20)23-16-4-2-1-3-5-16/h1-5,10-11H,6-9H2. The van der Waals surface area contributed by atoms with E-state index in [1.165, 1.54) is 0 Å². The molecule has 23 heavy (non-hydrogen) atoms. The van der Waals surface area contributed by atoms with E-state index in [9.17, 15) is 10.5 Å². The van der Waals surface area contributed by atoms with Gasteiger partial charge in [0.2, 0.25) is 0 Å². The van der Waals surface area contributed by atoms with Crippen LogP contribution in [0.4, 0.5) is 5.69 Å². The summed E-state index contributed by atoms with van der Waals surface area (Å²) in [5, 5.41) is 18.6. The Morgan fingerprint density at radius 2 is 1.61 bits per heavy atom. The number of nitrogens with zero attached hydrogens (tertiary/aromatic N) is 3. The summed E-state index contributed by atoms with van der Waals surface area (Å²) >= 11 is 1.61. The van der Waals surface area contributed by atoms with E-state index >= 15 is 0 Å². The van der Waals surface area contributed by atoms with Crippen molar-refractivity contribution >= 4 is 17.4 Å². The third kappa shape index (κ3) is 3.48. The van der Waals surface area contributed by atoms with Gasteiger partial charge in [-0.05, 0) is 24.3 Å². The number of hydrogen-bond donors (Lipinski definition) is 0. The largest absolute Gasteiger partial charge is 0.378 e. The minimum Gasteiger partial charge on any atom is -0.378 e. The highest BCUT2D eigenvalue weighted by Crippen LogP contribution is 2.37. The normalized spacial score (nSPS) is 14.1. The van der Waals surface area contributed by atoms with Crippen molar-refractivity contribution in [3.05, 3.63) is 53.6 Å². The number of ether oxygens (including phenoxy) is 1. The van der Waals surface area contributed by atoms with Gasteiger partial charge >= 0.3 is 0 Å². The van der Waals surface area contributed by atoms with Crippen LogP contribution in [0.2, 0.25) is 0 Å². The summed E-state index contributed by atoms with van der Waals surface area (Å²) in [6.07, 6.45) is 0. The minimum atomic E-state index is 0.419. The van der Waals surface area contributed by atoms with E-state index in [-0.39, 0.29) is 0 Å². The van der Waals surface area contributed by atoms with Gasteiger partial charge in [-0.3, -0.25) is 0 Å². The summed E-state index contributed by atoms with van der Waals surface area (Å²) in [4.78, 5) is 4.32. The Kier molecular flexibility index (Phi) is 4.83. The molecule has 1 heterocycles. The van der Waals surface area contributed by atoms with Crippen LogP contribution in [0.15, 0.2) is 52.3 Å². The van der Waals surface area contributed by atoms with Crippen molar-refractivity contribution in [3.8, 4) is 12.1 Å². The number of morpholine rings is 1. The highest BCUT2D eigenvalue weighted by molar-refractivity contribution is 7.99. The number of benzene rings is 2. The fourth-order valence-corrected chi connectivity index (χ4v) is 3.52. The Labute approximate surface area is 139 Å². The van der Waals surface area contributed by atoms with Crippen molar-refractivity contribution in [2.75, 3.05) is 31.2 Å². The Morgan fingerprint density at radius 1 is 0.957 bits per heavy atom. The van der Waals surface area contributed by atoms with Crippen LogP contribution >= 0.6 is 11.8 Å². The van der Waals surface area contributed by atoms with E-state index in [0.29, 0.717) is 24.3 Å². The van der Waals surface area contributed by atoms with E-state index in [0.717, 1.165) is 28.6 Å². The van der Waals surface area contributed by atoms with Crippen LogP contribution in [0, 0.1) is 22.7 Å². The molecule has 0 bridgehead atoms. The smallest absolute Gasteiger partial charge is 0.101 e. The van der Waals surface area contributed by atoms with E-state index in [1.807, 2.05) is 42.5 Å². The SMILES string of the molecule is N#Cc1cc(Sc2ccccc2)c(N2CCOCC2)cc1C#N. The first-order valence-corrected chi connectivity index (χ1v) is 8.17. The van der Waals surface area contributed by atoms with Gasteiger partial charge < -0.3 is 9.64 Å². The van der Waals surface area contributed by atoms with E-state index < -0.39 is 0 Å². The lowest BCUT2D eigenvalue weighted by molar-refractivity contribution is 0.122. The van der Waals surface area contributed by atoms with Gasteiger partial charge in [-0.15, -0.1) is 0 Å². The molecule has 0 unspecified atom stereocenters. The maximum Gasteiger partial charge on any atom is 0.101 e. The Hall–Kier alpha value is -2.47. The maximum atomic E-state index is 9.30. The average molecular weight is 321 g/mol. The molecule has 2 aromatic rings. The second-order valence-corrected chi connectivity index (χ2v) is 6.22. The summed E-state index contributed by atoms with van der Waals surface area (Å²) in [5.74, 6) is 0. The highest BCUT2D eigenvalue weighted by Gasteiger charge is 2.18. The molecule has 5 heteroatoms. The van der Waals surface area contributed by atoms with Crippen molar-refractivity contribution < 1.29 is 4.74 Å². The average Bonchev–Trinajstić information content (AvgIpc) is 2.63. The van der Waals surface area contributed by atoms with E-state index in [4.69, 9.17) is 4.74 Å². The zero-order chi connectivity index (χ0) is 16.1. The predicted octanol–water partition coefficient (Wildman–Crippen LogP) is 3.42. The first kappa shape index (κ1) is 15.4. The lowest BCUT2D eigenvalue weighted by Gasteiger charge is -2.30. The van der Waals surface area contributed by atoms with Gasteiger partial charge in [-0.1, -0.05) is 30.0 Å². The number of rotatable bonds is 3. The summed E-state index contributed by atoms with van der Waals surface area (Å²) in [6.45, 7) is 2.94. The van der Waals surface area contributed by atoms with Crippen LogP contribution in [0.1, 0.15) is 11.1 Å². The molecule has 0 aromatic heterocycles. The minimum absolute atomic E-state index is 0.419. The second-order valence-electron chi connectivity index (χ2n) is 5.10. The molecule has 4 nitrogen and oxygen atoms in total. The van der Waals surface area contributed by atoms with Crippen molar-refractivity contribution in [2.24, 2.45) is 0 Å². The molecule has 1 aliphatic heterocycles. The van der Waals surface area contributed by atoms with Crippen molar-refractivity contribution in [2.45, 2.75) is 9.79 Å². The summed E-state index contributed by atoms with van der Waals surface area (Å²) in [6, 6.07) is 17.9. The first-order chi connectivity index (χ1) is 11.3. The van der Waals surface area contributed by atoms with Crippen molar-refractivity contribution in [1.29, 1.82) is 10.5 Å². The quantitative estimate of drug-likeness (QED) is 0.867. The zero-order valence-corrected chi connectivity index (χ0v) is 13.3. The molecule has 114 valence electrons. The van der Waals surface area contributed by atoms with Crippen LogP contribution in [0.3, 0.4) is 0 Å². The first-order valence-electron chi connectivity index (χ1n) is 7.35. The summed E-state index contributed by atoms with van der Waals surface area (Å²) < 4.78 is 5.41. The molecule has 0 atom stereocenters. The van der Waals surface area contributed by atoms with Crippen molar-refractivity contribution in [1.82, 2.24) is 0 Å². The van der Waals surface area contributed by atoms with Gasteiger partial charge in [0, 0.05) is 22.9 Å². The molecule has 0 aliphatic carbocycles. The number of anilines is 1. The van der Waals surface area contributed by atoms with Crippen LogP contribution in [-0.2, 0) is 4.74 Å². The fourth-order valence-electron chi connectivity index (χ4n) is 2.50. The molecule has 0 N–H and O–H groups in total. The molecule has 2 aromatic carbocycles. The molecular weight excluding hydrogens is 306 g/mol. The Balaban J connectivity index is 2.04.